The molecule has 0 saturated carbocycles. The molecule has 0 radical (unpaired) electrons. The fourth-order valence-corrected chi connectivity index (χ4v) is 1.55. The minimum absolute atomic E-state index is 0.259. The molecule has 16 heavy (non-hydrogen) atoms. The molecule has 0 spiro atoms. The van der Waals surface area contributed by atoms with E-state index in [2.05, 4.69) is 0 Å². The molecule has 0 aliphatic carbocycles. The molecule has 0 amide bonds. The lowest BCUT2D eigenvalue weighted by molar-refractivity contribution is 0.384. The lowest BCUT2D eigenvalue weighted by atomic mass is 9.77. The summed E-state index contributed by atoms with van der Waals surface area (Å²) in [5.41, 5.74) is 1.28. The first-order chi connectivity index (χ1) is 7.51. The van der Waals surface area contributed by atoms with Crippen molar-refractivity contribution in [2.75, 3.05) is 14.2 Å². The second-order valence-corrected chi connectivity index (χ2v) is 3.87. The maximum atomic E-state index is 9.27. The Morgan fingerprint density at radius 1 is 1.06 bits per heavy atom. The zero-order chi connectivity index (χ0) is 12.3. The Bertz CT molecular complexity index is 338. The number of hydrogen-bond acceptors (Lipinski definition) is 4. The van der Waals surface area contributed by atoms with E-state index in [1.807, 2.05) is 13.8 Å². The Hall–Kier alpha value is -1.20. The molecule has 1 aromatic carbocycles. The van der Waals surface area contributed by atoms with E-state index in [0.717, 1.165) is 5.56 Å². The van der Waals surface area contributed by atoms with E-state index < -0.39 is 7.12 Å². The molecule has 0 fully saturated rings. The lowest BCUT2D eigenvalue weighted by Gasteiger charge is -2.16. The van der Waals surface area contributed by atoms with Crippen LogP contribution in [0.3, 0.4) is 0 Å². The van der Waals surface area contributed by atoms with Gasteiger partial charge < -0.3 is 19.5 Å². The smallest absolute Gasteiger partial charge is 0.496 e. The Kier molecular flexibility index (Phi) is 4.21. The van der Waals surface area contributed by atoms with Gasteiger partial charge in [-0.3, -0.25) is 0 Å². The van der Waals surface area contributed by atoms with Crippen molar-refractivity contribution in [1.29, 1.82) is 0 Å². The Labute approximate surface area is 96.0 Å². The molecule has 88 valence electrons. The van der Waals surface area contributed by atoms with E-state index >= 15 is 0 Å². The third-order valence-corrected chi connectivity index (χ3v) is 2.49. The van der Waals surface area contributed by atoms with Crippen LogP contribution < -0.4 is 14.9 Å². The van der Waals surface area contributed by atoms with Crippen molar-refractivity contribution in [3.63, 3.8) is 0 Å². The predicted molar refractivity (Wildman–Crippen MR) is 63.5 cm³/mol. The first-order valence-electron chi connectivity index (χ1n) is 5.13. The molecular weight excluding hydrogens is 207 g/mol. The van der Waals surface area contributed by atoms with E-state index in [-0.39, 0.29) is 5.46 Å². The number of benzene rings is 1. The second kappa shape index (κ2) is 5.23. The summed E-state index contributed by atoms with van der Waals surface area (Å²) in [5, 5.41) is 18.5. The van der Waals surface area contributed by atoms with Gasteiger partial charge in [-0.25, -0.2) is 0 Å². The zero-order valence-electron chi connectivity index (χ0n) is 10.0. The summed E-state index contributed by atoms with van der Waals surface area (Å²) in [7, 11) is 1.38. The summed E-state index contributed by atoms with van der Waals surface area (Å²) in [6.45, 7) is 4.09. The van der Waals surface area contributed by atoms with E-state index in [0.29, 0.717) is 17.4 Å². The van der Waals surface area contributed by atoms with Crippen LogP contribution >= 0.6 is 0 Å². The van der Waals surface area contributed by atoms with Gasteiger partial charge in [0.25, 0.3) is 0 Å². The zero-order valence-corrected chi connectivity index (χ0v) is 10.0. The highest BCUT2D eigenvalue weighted by molar-refractivity contribution is 6.61. The predicted octanol–water partition coefficient (Wildman–Crippen LogP) is 0.507. The van der Waals surface area contributed by atoms with Crippen molar-refractivity contribution < 1.29 is 19.5 Å². The lowest BCUT2D eigenvalue weighted by Crippen LogP contribution is -2.32. The molecule has 4 nitrogen and oxygen atoms in total. The van der Waals surface area contributed by atoms with Crippen molar-refractivity contribution >= 4 is 12.6 Å². The van der Waals surface area contributed by atoms with Gasteiger partial charge in [0, 0.05) is 0 Å². The van der Waals surface area contributed by atoms with Gasteiger partial charge in [-0.15, -0.1) is 0 Å². The minimum Gasteiger partial charge on any atom is -0.497 e. The average molecular weight is 224 g/mol. The molecule has 2 N–H and O–H groups in total. The Balaban J connectivity index is 3.37. The largest absolute Gasteiger partial charge is 0.497 e. The highest BCUT2D eigenvalue weighted by atomic mass is 16.5. The van der Waals surface area contributed by atoms with E-state index in [9.17, 15) is 10.0 Å². The summed E-state index contributed by atoms with van der Waals surface area (Å²) in [6.07, 6.45) is 0. The van der Waals surface area contributed by atoms with E-state index in [1.54, 1.807) is 12.1 Å². The van der Waals surface area contributed by atoms with Gasteiger partial charge in [0.05, 0.1) is 19.7 Å². The molecule has 1 aromatic rings. The van der Waals surface area contributed by atoms with Crippen molar-refractivity contribution in [3.8, 4) is 11.5 Å². The highest BCUT2D eigenvalue weighted by Gasteiger charge is 2.23. The Morgan fingerprint density at radius 2 is 1.50 bits per heavy atom. The van der Waals surface area contributed by atoms with Gasteiger partial charge in [-0.2, -0.15) is 0 Å². The molecule has 0 bridgehead atoms. The van der Waals surface area contributed by atoms with Crippen LogP contribution in [0.25, 0.3) is 0 Å². The molecule has 0 aliphatic heterocycles. The van der Waals surface area contributed by atoms with E-state index in [1.165, 1.54) is 14.2 Å². The van der Waals surface area contributed by atoms with Crippen LogP contribution in [0.15, 0.2) is 12.1 Å². The minimum atomic E-state index is -1.61. The average Bonchev–Trinajstić information content (AvgIpc) is 2.26. The molecular formula is C11H17BO4. The first kappa shape index (κ1) is 12.9. The Morgan fingerprint density at radius 3 is 1.75 bits per heavy atom. The third-order valence-electron chi connectivity index (χ3n) is 2.49. The normalized spacial score (nSPS) is 10.4. The van der Waals surface area contributed by atoms with Crippen molar-refractivity contribution in [1.82, 2.24) is 0 Å². The maximum absolute atomic E-state index is 9.27. The summed E-state index contributed by atoms with van der Waals surface area (Å²) in [4.78, 5) is 0. The maximum Gasteiger partial charge on any atom is 0.496 e. The number of ether oxygens (including phenoxy) is 2. The van der Waals surface area contributed by atoms with Crippen molar-refractivity contribution in [2.24, 2.45) is 0 Å². The first-order valence-corrected chi connectivity index (χ1v) is 5.13. The standard InChI is InChI=1S/C11H17BO4/c1-7(2)8-5-9(15-3)11(12(13)14)10(6-8)16-4/h5-7,13-14H,1-4H3. The van der Waals surface area contributed by atoms with Crippen LogP contribution in [0.1, 0.15) is 25.3 Å². The van der Waals surface area contributed by atoms with Crippen LogP contribution in [0, 0.1) is 0 Å². The highest BCUT2D eigenvalue weighted by Crippen LogP contribution is 2.25. The molecule has 0 heterocycles. The number of methoxy groups -OCH3 is 2. The topological polar surface area (TPSA) is 58.9 Å². The van der Waals surface area contributed by atoms with Gasteiger partial charge in [0.2, 0.25) is 0 Å². The van der Waals surface area contributed by atoms with Crippen molar-refractivity contribution in [3.05, 3.63) is 17.7 Å². The van der Waals surface area contributed by atoms with Crippen LogP contribution in [-0.2, 0) is 0 Å². The summed E-state index contributed by atoms with van der Waals surface area (Å²) < 4.78 is 10.3. The molecule has 0 aliphatic rings. The van der Waals surface area contributed by atoms with Gasteiger partial charge in [-0.1, -0.05) is 13.8 Å². The summed E-state index contributed by atoms with van der Waals surface area (Å²) >= 11 is 0. The molecule has 0 saturated heterocycles. The van der Waals surface area contributed by atoms with Gasteiger partial charge in [0.1, 0.15) is 11.5 Å². The SMILES string of the molecule is COc1cc(C(C)C)cc(OC)c1B(O)O. The number of hydrogen-bond donors (Lipinski definition) is 2. The monoisotopic (exact) mass is 224 g/mol. The van der Waals surface area contributed by atoms with Crippen LogP contribution in [0.4, 0.5) is 0 Å². The van der Waals surface area contributed by atoms with Crippen molar-refractivity contribution in [2.45, 2.75) is 19.8 Å². The number of rotatable bonds is 4. The molecule has 0 aromatic heterocycles. The van der Waals surface area contributed by atoms with Crippen LogP contribution in [-0.4, -0.2) is 31.4 Å². The second-order valence-electron chi connectivity index (χ2n) is 3.87. The molecule has 0 unspecified atom stereocenters. The third kappa shape index (κ3) is 2.48. The fourth-order valence-electron chi connectivity index (χ4n) is 1.55. The summed E-state index contributed by atoms with van der Waals surface area (Å²) in [5.74, 6) is 1.17. The molecule has 1 rings (SSSR count). The van der Waals surface area contributed by atoms with Crippen LogP contribution in [0.2, 0.25) is 0 Å². The van der Waals surface area contributed by atoms with Gasteiger partial charge in [-0.05, 0) is 23.6 Å². The van der Waals surface area contributed by atoms with Gasteiger partial charge >= 0.3 is 7.12 Å². The fraction of sp³-hybridized carbons (Fsp3) is 0.455. The quantitative estimate of drug-likeness (QED) is 0.731. The van der Waals surface area contributed by atoms with E-state index in [4.69, 9.17) is 9.47 Å². The van der Waals surface area contributed by atoms with Crippen LogP contribution in [0.5, 0.6) is 11.5 Å². The summed E-state index contributed by atoms with van der Waals surface area (Å²) in [6, 6.07) is 3.59. The van der Waals surface area contributed by atoms with Gasteiger partial charge in [0.15, 0.2) is 0 Å². The molecule has 0 atom stereocenters. The molecule has 5 heteroatoms.